The maximum absolute atomic E-state index is 14.3. The van der Waals surface area contributed by atoms with Crippen LogP contribution >= 0.6 is 0 Å². The van der Waals surface area contributed by atoms with Gasteiger partial charge in [0, 0.05) is 11.1 Å². The van der Waals surface area contributed by atoms with Crippen molar-refractivity contribution in [1.29, 1.82) is 5.26 Å². The smallest absolute Gasteiger partial charge is 0.131 e. The van der Waals surface area contributed by atoms with Crippen molar-refractivity contribution in [2.24, 2.45) is 0 Å². The number of nitrogens with zero attached hydrogens (tertiary/aromatic N) is 1. The predicted molar refractivity (Wildman–Crippen MR) is 119 cm³/mol. The molecule has 4 aromatic rings. The van der Waals surface area contributed by atoms with Gasteiger partial charge in [-0.05, 0) is 41.5 Å². The highest BCUT2D eigenvalue weighted by molar-refractivity contribution is 6.00. The minimum absolute atomic E-state index is 0.254. The van der Waals surface area contributed by atoms with E-state index in [9.17, 15) is 9.65 Å². The molecule has 0 N–H and O–H groups in total. The molecule has 4 rings (SSSR count). The van der Waals surface area contributed by atoms with Gasteiger partial charge in [-0.3, -0.25) is 0 Å². The lowest BCUT2D eigenvalue weighted by molar-refractivity contribution is 0.306. The normalized spacial score (nSPS) is 11.3. The summed E-state index contributed by atoms with van der Waals surface area (Å²) >= 11 is 0. The third kappa shape index (κ3) is 4.09. The van der Waals surface area contributed by atoms with E-state index >= 15 is 0 Å². The average molecular weight is 393 g/mol. The molecule has 3 heteroatoms. The quantitative estimate of drug-likeness (QED) is 0.272. The molecule has 4 aromatic carbocycles. The van der Waals surface area contributed by atoms with Gasteiger partial charge < -0.3 is 4.74 Å². The largest absolute Gasteiger partial charge is 0.488 e. The number of benzene rings is 4. The van der Waals surface area contributed by atoms with Gasteiger partial charge in [-0.25, -0.2) is 4.39 Å². The van der Waals surface area contributed by atoms with Crippen LogP contribution in [0.5, 0.6) is 5.75 Å². The Morgan fingerprint density at radius 3 is 2.43 bits per heavy atom. The van der Waals surface area contributed by atoms with Gasteiger partial charge in [0.25, 0.3) is 0 Å². The van der Waals surface area contributed by atoms with E-state index in [1.807, 2.05) is 67.6 Å². The van der Waals surface area contributed by atoms with E-state index in [2.05, 4.69) is 6.07 Å². The van der Waals surface area contributed by atoms with Crippen LogP contribution in [0, 0.1) is 24.1 Å². The zero-order valence-electron chi connectivity index (χ0n) is 16.6. The van der Waals surface area contributed by atoms with Gasteiger partial charge in [0.1, 0.15) is 18.2 Å². The van der Waals surface area contributed by atoms with Crippen LogP contribution < -0.4 is 4.74 Å². The van der Waals surface area contributed by atoms with E-state index < -0.39 is 5.82 Å². The molecule has 0 aromatic heterocycles. The second-order valence-electron chi connectivity index (χ2n) is 7.12. The third-order valence-electron chi connectivity index (χ3n) is 5.02. The third-order valence-corrected chi connectivity index (χ3v) is 5.02. The van der Waals surface area contributed by atoms with Crippen molar-refractivity contribution in [2.75, 3.05) is 0 Å². The lowest BCUT2D eigenvalue weighted by atomic mass is 9.98. The zero-order valence-corrected chi connectivity index (χ0v) is 16.6. The second-order valence-corrected chi connectivity index (χ2v) is 7.12. The van der Waals surface area contributed by atoms with Crippen molar-refractivity contribution in [1.82, 2.24) is 0 Å². The highest BCUT2D eigenvalue weighted by Crippen LogP contribution is 2.33. The van der Waals surface area contributed by atoms with Crippen molar-refractivity contribution >= 4 is 22.4 Å². The maximum atomic E-state index is 14.3. The van der Waals surface area contributed by atoms with Gasteiger partial charge in [-0.2, -0.15) is 5.26 Å². The molecule has 0 amide bonds. The van der Waals surface area contributed by atoms with Crippen LogP contribution in [0.4, 0.5) is 4.39 Å². The van der Waals surface area contributed by atoms with Gasteiger partial charge in [0.2, 0.25) is 0 Å². The molecule has 0 bridgehead atoms. The average Bonchev–Trinajstić information content (AvgIpc) is 2.78. The molecular weight excluding hydrogens is 373 g/mol. The van der Waals surface area contributed by atoms with E-state index in [1.54, 1.807) is 24.3 Å². The molecule has 0 heterocycles. The summed E-state index contributed by atoms with van der Waals surface area (Å²) in [7, 11) is 0. The number of nitriles is 1. The molecule has 0 aliphatic rings. The van der Waals surface area contributed by atoms with E-state index in [0.717, 1.165) is 21.9 Å². The second kappa shape index (κ2) is 8.63. The standard InChI is InChI=1S/C27H20FNO/c1-19-10-12-20(13-11-19)18-30-27-15-14-21-6-2-3-7-23(21)25(27)16-22(17-29)24-8-4-5-9-26(24)28/h2-16H,18H2,1H3/b22-16-. The van der Waals surface area contributed by atoms with Gasteiger partial charge >= 0.3 is 0 Å². The van der Waals surface area contributed by atoms with Crippen LogP contribution in [0.25, 0.3) is 22.4 Å². The van der Waals surface area contributed by atoms with E-state index in [4.69, 9.17) is 4.74 Å². The van der Waals surface area contributed by atoms with Crippen LogP contribution in [0.15, 0.2) is 84.9 Å². The van der Waals surface area contributed by atoms with Gasteiger partial charge in [0.15, 0.2) is 0 Å². The molecule has 30 heavy (non-hydrogen) atoms. The first-order valence-corrected chi connectivity index (χ1v) is 9.72. The van der Waals surface area contributed by atoms with Crippen molar-refractivity contribution in [3.63, 3.8) is 0 Å². The molecule has 0 saturated heterocycles. The number of halogens is 1. The Balaban J connectivity index is 1.80. The maximum Gasteiger partial charge on any atom is 0.131 e. The van der Waals surface area contributed by atoms with Crippen molar-refractivity contribution in [3.8, 4) is 11.8 Å². The SMILES string of the molecule is Cc1ccc(COc2ccc3ccccc3c2/C=C(/C#N)c2ccccc2F)cc1. The number of fused-ring (bicyclic) bond motifs is 1. The van der Waals surface area contributed by atoms with Crippen LogP contribution in [0.1, 0.15) is 22.3 Å². The van der Waals surface area contributed by atoms with E-state index in [-0.39, 0.29) is 11.1 Å². The number of hydrogen-bond donors (Lipinski definition) is 0. The zero-order chi connectivity index (χ0) is 20.9. The summed E-state index contributed by atoms with van der Waals surface area (Å²) in [5.74, 6) is 0.228. The summed E-state index contributed by atoms with van der Waals surface area (Å²) in [6.07, 6.45) is 1.71. The molecule has 0 aliphatic carbocycles. The van der Waals surface area contributed by atoms with Crippen molar-refractivity contribution < 1.29 is 9.13 Å². The monoisotopic (exact) mass is 393 g/mol. The first-order chi connectivity index (χ1) is 14.7. The van der Waals surface area contributed by atoms with Crippen molar-refractivity contribution in [3.05, 3.63) is 113 Å². The molecule has 0 unspecified atom stereocenters. The first-order valence-electron chi connectivity index (χ1n) is 9.72. The van der Waals surface area contributed by atoms with Crippen molar-refractivity contribution in [2.45, 2.75) is 13.5 Å². The number of hydrogen-bond acceptors (Lipinski definition) is 2. The number of aryl methyl sites for hydroxylation is 1. The number of ether oxygens (including phenoxy) is 1. The Hall–Kier alpha value is -3.90. The minimum Gasteiger partial charge on any atom is -0.488 e. The highest BCUT2D eigenvalue weighted by atomic mass is 19.1. The Morgan fingerprint density at radius 1 is 0.933 bits per heavy atom. The summed E-state index contributed by atoms with van der Waals surface area (Å²) in [5.41, 5.74) is 3.54. The lowest BCUT2D eigenvalue weighted by Gasteiger charge is -2.13. The summed E-state index contributed by atoms with van der Waals surface area (Å²) in [5, 5.41) is 11.7. The Labute approximate surface area is 175 Å². The topological polar surface area (TPSA) is 33.0 Å². The molecule has 0 saturated carbocycles. The Morgan fingerprint density at radius 2 is 1.67 bits per heavy atom. The predicted octanol–water partition coefficient (Wildman–Crippen LogP) is 6.93. The van der Waals surface area contributed by atoms with Crippen LogP contribution in [-0.2, 0) is 6.61 Å². The fraction of sp³-hybridized carbons (Fsp3) is 0.0741. The fourth-order valence-electron chi connectivity index (χ4n) is 3.39. The summed E-state index contributed by atoms with van der Waals surface area (Å²) in [6, 6.07) is 28.4. The molecule has 146 valence electrons. The molecular formula is C27H20FNO. The van der Waals surface area contributed by atoms with Gasteiger partial charge in [-0.15, -0.1) is 0 Å². The van der Waals surface area contributed by atoms with Gasteiger partial charge in [-0.1, -0.05) is 78.4 Å². The molecule has 0 spiro atoms. The molecule has 0 aliphatic heterocycles. The lowest BCUT2D eigenvalue weighted by Crippen LogP contribution is -1.98. The van der Waals surface area contributed by atoms with E-state index in [0.29, 0.717) is 12.4 Å². The highest BCUT2D eigenvalue weighted by Gasteiger charge is 2.12. The summed E-state index contributed by atoms with van der Waals surface area (Å²) in [6.45, 7) is 2.45. The molecule has 0 fully saturated rings. The number of allylic oxidation sites excluding steroid dienone is 1. The Bertz CT molecular complexity index is 1270. The molecule has 0 radical (unpaired) electrons. The fourth-order valence-corrected chi connectivity index (χ4v) is 3.39. The Kier molecular flexibility index (Phi) is 5.59. The number of rotatable bonds is 5. The summed E-state index contributed by atoms with van der Waals surface area (Å²) < 4.78 is 20.5. The first kappa shape index (κ1) is 19.4. The summed E-state index contributed by atoms with van der Waals surface area (Å²) in [4.78, 5) is 0. The van der Waals surface area contributed by atoms with Crippen LogP contribution in [0.3, 0.4) is 0 Å². The minimum atomic E-state index is -0.423. The van der Waals surface area contributed by atoms with E-state index in [1.165, 1.54) is 11.6 Å². The van der Waals surface area contributed by atoms with Crippen LogP contribution in [-0.4, -0.2) is 0 Å². The molecule has 2 nitrogen and oxygen atoms in total. The molecule has 0 atom stereocenters. The van der Waals surface area contributed by atoms with Crippen LogP contribution in [0.2, 0.25) is 0 Å². The van der Waals surface area contributed by atoms with Gasteiger partial charge in [0.05, 0.1) is 11.6 Å².